The minimum atomic E-state index is -4.71. The Hall–Kier alpha value is -3.03. The molecule has 6 rings (SSSR count). The first-order chi connectivity index (χ1) is 19.5. The SMILES string of the molecule is CC1CN(c2ccc(Nc3ncc(C(F)(F)F)c(-c4cc5c(s4)C(=O)N(C)CCS5=O)n3)c(C3CC3)c2)CCN1C. The Morgan fingerprint density at radius 1 is 1.12 bits per heavy atom. The maximum absolute atomic E-state index is 14.1. The van der Waals surface area contributed by atoms with Gasteiger partial charge in [-0.1, -0.05) is 0 Å². The van der Waals surface area contributed by atoms with Gasteiger partial charge in [-0.15, -0.1) is 11.3 Å². The number of alkyl halides is 3. The van der Waals surface area contributed by atoms with E-state index in [0.29, 0.717) is 18.5 Å². The van der Waals surface area contributed by atoms with Gasteiger partial charge in [0.2, 0.25) is 5.95 Å². The fourth-order valence-electron chi connectivity index (χ4n) is 5.25. The van der Waals surface area contributed by atoms with Gasteiger partial charge in [0.15, 0.2) is 0 Å². The number of hydrogen-bond acceptors (Lipinski definition) is 8. The number of likely N-dealkylation sites (N-methyl/N-ethyl adjacent to an activating group) is 1. The van der Waals surface area contributed by atoms with Crippen molar-refractivity contribution in [2.75, 3.05) is 56.2 Å². The summed E-state index contributed by atoms with van der Waals surface area (Å²) in [6, 6.07) is 8.01. The third-order valence-electron chi connectivity index (χ3n) is 8.05. The van der Waals surface area contributed by atoms with Crippen molar-refractivity contribution < 1.29 is 22.2 Å². The highest BCUT2D eigenvalue weighted by atomic mass is 32.2. The summed E-state index contributed by atoms with van der Waals surface area (Å²) in [4.78, 5) is 27.9. The fourth-order valence-corrected chi connectivity index (χ4v) is 7.98. The van der Waals surface area contributed by atoms with Gasteiger partial charge in [0.25, 0.3) is 5.91 Å². The summed E-state index contributed by atoms with van der Waals surface area (Å²) in [7, 11) is 2.22. The number of fused-ring (bicyclic) bond motifs is 1. The highest BCUT2D eigenvalue weighted by Crippen LogP contribution is 2.46. The van der Waals surface area contributed by atoms with Crippen molar-refractivity contribution in [2.45, 2.75) is 42.8 Å². The van der Waals surface area contributed by atoms with Gasteiger partial charge in [0.05, 0.1) is 26.3 Å². The molecule has 1 saturated carbocycles. The van der Waals surface area contributed by atoms with Gasteiger partial charge in [-0.3, -0.25) is 9.00 Å². The van der Waals surface area contributed by atoms with Gasteiger partial charge >= 0.3 is 6.18 Å². The highest BCUT2D eigenvalue weighted by Gasteiger charge is 2.37. The Kier molecular flexibility index (Phi) is 7.31. The predicted molar refractivity (Wildman–Crippen MR) is 155 cm³/mol. The predicted octanol–water partition coefficient (Wildman–Crippen LogP) is 5.18. The second kappa shape index (κ2) is 10.7. The maximum atomic E-state index is 14.1. The maximum Gasteiger partial charge on any atom is 0.420 e. The number of thiophene rings is 1. The molecule has 2 aliphatic heterocycles. The Labute approximate surface area is 243 Å². The number of piperazine rings is 1. The van der Waals surface area contributed by atoms with Crippen molar-refractivity contribution in [3.63, 3.8) is 0 Å². The van der Waals surface area contributed by atoms with E-state index < -0.39 is 22.5 Å². The molecular weight excluding hydrogens is 573 g/mol. The zero-order chi connectivity index (χ0) is 29.1. The molecule has 2 aromatic heterocycles. The molecule has 3 aromatic rings. The van der Waals surface area contributed by atoms with E-state index in [4.69, 9.17) is 0 Å². The third kappa shape index (κ3) is 5.59. The first-order valence-electron chi connectivity index (χ1n) is 13.6. The van der Waals surface area contributed by atoms with E-state index >= 15 is 0 Å². The molecule has 3 aliphatic rings. The van der Waals surface area contributed by atoms with Crippen molar-refractivity contribution in [1.82, 2.24) is 19.8 Å². The summed E-state index contributed by atoms with van der Waals surface area (Å²) in [5, 5.41) is 3.18. The number of halogens is 3. The summed E-state index contributed by atoms with van der Waals surface area (Å²) in [6.45, 7) is 5.35. The number of rotatable bonds is 5. The average Bonchev–Trinajstić information content (AvgIpc) is 3.70. The fraction of sp³-hybridized carbons (Fsp3) is 0.464. The number of nitrogens with one attached hydrogen (secondary N) is 1. The van der Waals surface area contributed by atoms with Gasteiger partial charge in [0, 0.05) is 62.6 Å². The quantitative estimate of drug-likeness (QED) is 0.430. The number of anilines is 3. The first kappa shape index (κ1) is 28.1. The number of amides is 1. The van der Waals surface area contributed by atoms with Crippen molar-refractivity contribution >= 4 is 45.4 Å². The second-order valence-corrected chi connectivity index (χ2v) is 13.6. The molecule has 13 heteroatoms. The van der Waals surface area contributed by atoms with Gasteiger partial charge < -0.3 is 20.0 Å². The molecule has 0 radical (unpaired) electrons. The van der Waals surface area contributed by atoms with Crippen molar-refractivity contribution in [3.05, 3.63) is 46.5 Å². The molecule has 0 spiro atoms. The Morgan fingerprint density at radius 2 is 1.90 bits per heavy atom. The largest absolute Gasteiger partial charge is 0.420 e. The molecule has 1 N–H and O–H groups in total. The molecule has 2 fully saturated rings. The number of aromatic nitrogens is 2. The van der Waals surface area contributed by atoms with E-state index in [0.717, 1.165) is 66.9 Å². The van der Waals surface area contributed by atoms with E-state index in [1.807, 2.05) is 12.1 Å². The lowest BCUT2D eigenvalue weighted by Gasteiger charge is -2.39. The van der Waals surface area contributed by atoms with E-state index in [1.165, 1.54) is 11.0 Å². The Balaban J connectivity index is 1.35. The highest BCUT2D eigenvalue weighted by molar-refractivity contribution is 7.85. The van der Waals surface area contributed by atoms with Crippen LogP contribution in [-0.4, -0.2) is 82.0 Å². The van der Waals surface area contributed by atoms with E-state index in [9.17, 15) is 22.2 Å². The van der Waals surface area contributed by atoms with E-state index in [2.05, 4.69) is 45.1 Å². The smallest absolute Gasteiger partial charge is 0.369 e. The van der Waals surface area contributed by atoms with Gasteiger partial charge in [-0.05, 0) is 62.6 Å². The molecular formula is C28H31F3N6O2S2. The third-order valence-corrected chi connectivity index (χ3v) is 10.7. The van der Waals surface area contributed by atoms with Crippen LogP contribution in [0, 0.1) is 0 Å². The summed E-state index contributed by atoms with van der Waals surface area (Å²) in [6.07, 6.45) is -1.83. The van der Waals surface area contributed by atoms with Crippen LogP contribution in [0.15, 0.2) is 35.4 Å². The molecule has 218 valence electrons. The van der Waals surface area contributed by atoms with E-state index in [1.54, 1.807) is 7.05 Å². The minimum absolute atomic E-state index is 0.0315. The number of nitrogens with zero attached hydrogens (tertiary/aromatic N) is 5. The Morgan fingerprint density at radius 3 is 2.61 bits per heavy atom. The first-order valence-corrected chi connectivity index (χ1v) is 15.7. The van der Waals surface area contributed by atoms with E-state index in [-0.39, 0.29) is 38.0 Å². The molecule has 4 heterocycles. The summed E-state index contributed by atoms with van der Waals surface area (Å²) >= 11 is 0.887. The summed E-state index contributed by atoms with van der Waals surface area (Å²) in [5.41, 5.74) is 1.66. The van der Waals surface area contributed by atoms with Crippen molar-refractivity contribution in [3.8, 4) is 10.6 Å². The van der Waals surface area contributed by atoms with Gasteiger partial charge in [0.1, 0.15) is 10.4 Å². The van der Waals surface area contributed by atoms with Crippen LogP contribution in [0.4, 0.5) is 30.5 Å². The second-order valence-electron chi connectivity index (χ2n) is 11.0. The number of carbonyl (C=O) groups is 1. The molecule has 8 nitrogen and oxygen atoms in total. The van der Waals surface area contributed by atoms with Gasteiger partial charge in [-0.25, -0.2) is 9.97 Å². The average molecular weight is 605 g/mol. The lowest BCUT2D eigenvalue weighted by molar-refractivity contribution is -0.137. The molecule has 2 unspecified atom stereocenters. The number of benzene rings is 1. The standard InChI is InChI=1S/C28H31F3N6O2S2/c1-16-15-37(9-8-35(16)2)18-6-7-21(19(12-18)17-4-5-17)33-27-32-14-20(28(29,30)31)24(34-27)22-13-23-25(40-22)26(38)36(3)10-11-41(23)39/h6-7,12-14,16-17H,4-5,8-11,15H2,1-3H3,(H,32,33,34). The number of hydrogen-bond donors (Lipinski definition) is 1. The molecule has 1 aromatic carbocycles. The van der Waals surface area contributed by atoms with Crippen LogP contribution in [0.3, 0.4) is 0 Å². The normalized spacial score (nSPS) is 22.0. The monoisotopic (exact) mass is 604 g/mol. The molecule has 1 aliphatic carbocycles. The van der Waals surface area contributed by atoms with Crippen LogP contribution < -0.4 is 10.2 Å². The lowest BCUT2D eigenvalue weighted by Crippen LogP contribution is -2.50. The zero-order valence-electron chi connectivity index (χ0n) is 23.0. The minimum Gasteiger partial charge on any atom is -0.369 e. The summed E-state index contributed by atoms with van der Waals surface area (Å²) < 4.78 is 55.0. The molecule has 0 bridgehead atoms. The van der Waals surface area contributed by atoms with Crippen LogP contribution >= 0.6 is 11.3 Å². The van der Waals surface area contributed by atoms with Crippen LogP contribution in [-0.2, 0) is 17.0 Å². The summed E-state index contributed by atoms with van der Waals surface area (Å²) in [5.74, 6) is 0.277. The zero-order valence-corrected chi connectivity index (χ0v) is 24.6. The molecule has 1 amide bonds. The van der Waals surface area contributed by atoms with Crippen LogP contribution in [0.2, 0.25) is 0 Å². The van der Waals surface area contributed by atoms with Gasteiger partial charge in [-0.2, -0.15) is 13.2 Å². The van der Waals surface area contributed by atoms with Crippen molar-refractivity contribution in [1.29, 1.82) is 0 Å². The van der Waals surface area contributed by atoms with Crippen LogP contribution in [0.25, 0.3) is 10.6 Å². The number of carbonyl (C=O) groups excluding carboxylic acids is 1. The topological polar surface area (TPSA) is 81.7 Å². The molecule has 1 saturated heterocycles. The molecule has 2 atom stereocenters. The Bertz CT molecular complexity index is 1520. The lowest BCUT2D eigenvalue weighted by atomic mass is 10.1. The van der Waals surface area contributed by atoms with Crippen LogP contribution in [0.5, 0.6) is 0 Å². The van der Waals surface area contributed by atoms with Crippen LogP contribution in [0.1, 0.15) is 46.5 Å². The van der Waals surface area contributed by atoms with Crippen molar-refractivity contribution in [2.24, 2.45) is 0 Å². The molecule has 41 heavy (non-hydrogen) atoms.